The van der Waals surface area contributed by atoms with Gasteiger partial charge in [-0.3, -0.25) is 14.4 Å². The second kappa shape index (κ2) is 6.99. The molecule has 7 heteroatoms. The Morgan fingerprint density at radius 1 is 1.14 bits per heavy atom. The average molecular weight is 379 g/mol. The average Bonchev–Trinajstić information content (AvgIpc) is 2.99. The van der Waals surface area contributed by atoms with Crippen LogP contribution in [-0.4, -0.2) is 35.2 Å². The standard InChI is InChI=1S/C21H18FN3O3/c1-12-4-2-7-18(23-12)20(27)24-14-9-16-17(19(26)10-14)11-25(21(16)28)15-6-3-5-13(22)8-15/h2-8,14H,9-11H2,1H3,(H,24,27)/t14-/m0/s1. The topological polar surface area (TPSA) is 79.4 Å². The number of Topliss-reactive ketones (excluding diaryl/α,β-unsaturated/α-hetero) is 1. The summed E-state index contributed by atoms with van der Waals surface area (Å²) >= 11 is 0. The molecule has 0 saturated heterocycles. The predicted octanol–water partition coefficient (Wildman–Crippen LogP) is 2.33. The number of aromatic nitrogens is 1. The van der Waals surface area contributed by atoms with Crippen molar-refractivity contribution in [3.05, 3.63) is 70.8 Å². The van der Waals surface area contributed by atoms with Crippen LogP contribution >= 0.6 is 0 Å². The van der Waals surface area contributed by atoms with Crippen LogP contribution in [0.2, 0.25) is 0 Å². The lowest BCUT2D eigenvalue weighted by molar-refractivity contribution is -0.117. The summed E-state index contributed by atoms with van der Waals surface area (Å²) < 4.78 is 13.5. The third-order valence-corrected chi connectivity index (χ3v) is 4.98. The molecule has 1 aromatic heterocycles. The van der Waals surface area contributed by atoms with E-state index in [2.05, 4.69) is 10.3 Å². The largest absolute Gasteiger partial charge is 0.347 e. The van der Waals surface area contributed by atoms with Gasteiger partial charge < -0.3 is 10.2 Å². The zero-order chi connectivity index (χ0) is 19.8. The Bertz CT molecular complexity index is 1030. The lowest BCUT2D eigenvalue weighted by Gasteiger charge is -2.22. The predicted molar refractivity (Wildman–Crippen MR) is 100 cm³/mol. The van der Waals surface area contributed by atoms with Crippen LogP contribution in [0.25, 0.3) is 0 Å². The Morgan fingerprint density at radius 2 is 1.93 bits per heavy atom. The third kappa shape index (κ3) is 3.31. The quantitative estimate of drug-likeness (QED) is 0.888. The second-order valence-corrected chi connectivity index (χ2v) is 6.99. The first kappa shape index (κ1) is 18.0. The van der Waals surface area contributed by atoms with Crippen LogP contribution in [-0.2, 0) is 9.59 Å². The molecule has 1 aromatic carbocycles. The van der Waals surface area contributed by atoms with Crippen molar-refractivity contribution < 1.29 is 18.8 Å². The van der Waals surface area contributed by atoms with Crippen LogP contribution in [0.3, 0.4) is 0 Å². The number of nitrogens with one attached hydrogen (secondary N) is 1. The number of nitrogens with zero attached hydrogens (tertiary/aromatic N) is 2. The van der Waals surface area contributed by atoms with Gasteiger partial charge in [0.05, 0.1) is 6.54 Å². The summed E-state index contributed by atoms with van der Waals surface area (Å²) in [5.41, 5.74) is 2.24. The number of aryl methyl sites for hydroxylation is 1. The summed E-state index contributed by atoms with van der Waals surface area (Å²) in [7, 11) is 0. The number of anilines is 1. The highest BCUT2D eigenvalue weighted by atomic mass is 19.1. The molecule has 0 radical (unpaired) electrons. The number of carbonyl (C=O) groups excluding carboxylic acids is 3. The minimum absolute atomic E-state index is 0.126. The van der Waals surface area contributed by atoms with E-state index in [1.165, 1.54) is 23.1 Å². The molecular formula is C21H18FN3O3. The number of amides is 2. The van der Waals surface area contributed by atoms with E-state index in [4.69, 9.17) is 0 Å². The second-order valence-electron chi connectivity index (χ2n) is 6.99. The molecule has 142 valence electrons. The number of pyridine rings is 1. The Balaban J connectivity index is 1.51. The number of carbonyl (C=O) groups is 3. The molecule has 4 rings (SSSR count). The summed E-state index contributed by atoms with van der Waals surface area (Å²) in [6.07, 6.45) is 0.393. The number of rotatable bonds is 3. The normalized spacial score (nSPS) is 19.1. The Morgan fingerprint density at radius 3 is 2.68 bits per heavy atom. The van der Waals surface area contributed by atoms with E-state index in [1.807, 2.05) is 0 Å². The smallest absolute Gasteiger partial charge is 0.270 e. The van der Waals surface area contributed by atoms with Gasteiger partial charge in [0.15, 0.2) is 5.78 Å². The number of benzene rings is 1. The van der Waals surface area contributed by atoms with Crippen LogP contribution in [0.15, 0.2) is 53.6 Å². The number of hydrogen-bond donors (Lipinski definition) is 1. The molecule has 0 spiro atoms. The molecule has 1 N–H and O–H groups in total. The zero-order valence-electron chi connectivity index (χ0n) is 15.2. The van der Waals surface area contributed by atoms with E-state index in [1.54, 1.807) is 31.2 Å². The number of ketones is 1. The summed E-state index contributed by atoms with van der Waals surface area (Å²) in [6.45, 7) is 1.92. The van der Waals surface area contributed by atoms with Gasteiger partial charge >= 0.3 is 0 Å². The van der Waals surface area contributed by atoms with Crippen molar-refractivity contribution in [2.24, 2.45) is 0 Å². The molecular weight excluding hydrogens is 361 g/mol. The molecule has 1 aliphatic carbocycles. The Hall–Kier alpha value is -3.35. The van der Waals surface area contributed by atoms with Crippen LogP contribution in [0.5, 0.6) is 0 Å². The van der Waals surface area contributed by atoms with Crippen LogP contribution in [0.1, 0.15) is 29.0 Å². The van der Waals surface area contributed by atoms with Gasteiger partial charge in [-0.1, -0.05) is 12.1 Å². The molecule has 2 heterocycles. The van der Waals surface area contributed by atoms with Gasteiger partial charge in [0.25, 0.3) is 11.8 Å². The highest BCUT2D eigenvalue weighted by molar-refractivity contribution is 6.17. The first-order chi connectivity index (χ1) is 13.4. The minimum Gasteiger partial charge on any atom is -0.347 e. The molecule has 0 unspecified atom stereocenters. The van der Waals surface area contributed by atoms with Crippen LogP contribution in [0.4, 0.5) is 10.1 Å². The number of halogens is 1. The van der Waals surface area contributed by atoms with E-state index < -0.39 is 11.9 Å². The lowest BCUT2D eigenvalue weighted by atomic mass is 9.88. The van der Waals surface area contributed by atoms with Crippen molar-refractivity contribution in [2.45, 2.75) is 25.8 Å². The number of hydrogen-bond acceptors (Lipinski definition) is 4. The van der Waals surface area contributed by atoms with Crippen molar-refractivity contribution in [2.75, 3.05) is 11.4 Å². The van der Waals surface area contributed by atoms with E-state index in [0.29, 0.717) is 22.5 Å². The van der Waals surface area contributed by atoms with Crippen molar-refractivity contribution >= 4 is 23.3 Å². The Labute approximate surface area is 161 Å². The highest BCUT2D eigenvalue weighted by Gasteiger charge is 2.40. The molecule has 1 atom stereocenters. The summed E-state index contributed by atoms with van der Waals surface area (Å²) in [4.78, 5) is 43.4. The van der Waals surface area contributed by atoms with E-state index in [-0.39, 0.29) is 42.7 Å². The molecule has 0 fully saturated rings. The fourth-order valence-electron chi connectivity index (χ4n) is 3.63. The van der Waals surface area contributed by atoms with Crippen LogP contribution in [0, 0.1) is 12.7 Å². The van der Waals surface area contributed by atoms with Gasteiger partial charge in [-0.2, -0.15) is 0 Å². The SMILES string of the molecule is Cc1cccc(C(=O)N[C@@H]2CC(=O)C3=C(C2)C(=O)N(c2cccc(F)c2)C3)n1. The van der Waals surface area contributed by atoms with Crippen molar-refractivity contribution in [3.8, 4) is 0 Å². The lowest BCUT2D eigenvalue weighted by Crippen LogP contribution is -2.40. The molecule has 0 saturated carbocycles. The van der Waals surface area contributed by atoms with Gasteiger partial charge in [-0.25, -0.2) is 9.37 Å². The first-order valence-corrected chi connectivity index (χ1v) is 8.99. The Kier molecular flexibility index (Phi) is 4.50. The summed E-state index contributed by atoms with van der Waals surface area (Å²) in [5.74, 6) is -1.31. The fourth-order valence-corrected chi connectivity index (χ4v) is 3.63. The van der Waals surface area contributed by atoms with E-state index in [9.17, 15) is 18.8 Å². The minimum atomic E-state index is -0.475. The zero-order valence-corrected chi connectivity index (χ0v) is 15.2. The molecule has 1 aliphatic heterocycles. The molecule has 2 aliphatic rings. The maximum absolute atomic E-state index is 13.5. The maximum atomic E-state index is 13.5. The fraction of sp³-hybridized carbons (Fsp3) is 0.238. The maximum Gasteiger partial charge on any atom is 0.270 e. The van der Waals surface area contributed by atoms with Gasteiger partial charge in [-0.15, -0.1) is 0 Å². The van der Waals surface area contributed by atoms with Gasteiger partial charge in [0.2, 0.25) is 0 Å². The van der Waals surface area contributed by atoms with Gasteiger partial charge in [0, 0.05) is 35.0 Å². The third-order valence-electron chi connectivity index (χ3n) is 4.98. The molecule has 2 aromatic rings. The monoisotopic (exact) mass is 379 g/mol. The first-order valence-electron chi connectivity index (χ1n) is 8.99. The summed E-state index contributed by atoms with van der Waals surface area (Å²) in [5, 5.41) is 2.80. The molecule has 6 nitrogen and oxygen atoms in total. The van der Waals surface area contributed by atoms with Crippen molar-refractivity contribution in [1.29, 1.82) is 0 Å². The van der Waals surface area contributed by atoms with Crippen molar-refractivity contribution in [1.82, 2.24) is 10.3 Å². The highest BCUT2D eigenvalue weighted by Crippen LogP contribution is 2.33. The molecule has 28 heavy (non-hydrogen) atoms. The van der Waals surface area contributed by atoms with Gasteiger partial charge in [0.1, 0.15) is 11.5 Å². The summed E-state index contributed by atoms with van der Waals surface area (Å²) in [6, 6.07) is 10.4. The van der Waals surface area contributed by atoms with Gasteiger partial charge in [-0.05, 0) is 43.7 Å². The van der Waals surface area contributed by atoms with Crippen LogP contribution < -0.4 is 10.2 Å². The van der Waals surface area contributed by atoms with E-state index >= 15 is 0 Å². The molecule has 0 bridgehead atoms. The van der Waals surface area contributed by atoms with E-state index in [0.717, 1.165) is 0 Å². The molecule has 2 amide bonds. The van der Waals surface area contributed by atoms with Crippen molar-refractivity contribution in [3.63, 3.8) is 0 Å².